The van der Waals surface area contributed by atoms with Gasteiger partial charge >= 0.3 is 6.18 Å². The Hall–Kier alpha value is -3.57. The number of carbonyl (C=O) groups excluding carboxylic acids is 2. The average Bonchev–Trinajstić information content (AvgIpc) is 2.89. The number of halogens is 4. The summed E-state index contributed by atoms with van der Waals surface area (Å²) in [5.41, 5.74) is 0.684. The summed E-state index contributed by atoms with van der Waals surface area (Å²) < 4.78 is 66.7. The van der Waals surface area contributed by atoms with Gasteiger partial charge in [0.15, 0.2) is 0 Å². The Kier molecular flexibility index (Phi) is 9.86. The molecule has 1 atom stereocenters. The summed E-state index contributed by atoms with van der Waals surface area (Å²) in [4.78, 5) is 28.2. The first-order valence-electron chi connectivity index (χ1n) is 12.2. The number of hydrogen-bond donors (Lipinski definition) is 1. The van der Waals surface area contributed by atoms with Gasteiger partial charge in [0.2, 0.25) is 21.8 Å². The van der Waals surface area contributed by atoms with E-state index in [2.05, 4.69) is 5.32 Å². The summed E-state index contributed by atoms with van der Waals surface area (Å²) in [6.07, 6.45) is -3.94. The van der Waals surface area contributed by atoms with Crippen molar-refractivity contribution in [3.05, 3.63) is 100 Å². The molecular formula is C28H29ClF3N3O4S. The molecule has 3 rings (SSSR count). The van der Waals surface area contributed by atoms with Gasteiger partial charge < -0.3 is 10.2 Å². The number of sulfonamides is 1. The van der Waals surface area contributed by atoms with Crippen molar-refractivity contribution in [2.75, 3.05) is 24.2 Å². The van der Waals surface area contributed by atoms with E-state index in [0.717, 1.165) is 35.1 Å². The minimum absolute atomic E-state index is 0.0392. The number of rotatable bonds is 10. The van der Waals surface area contributed by atoms with Crippen molar-refractivity contribution in [2.45, 2.75) is 32.1 Å². The zero-order valence-electron chi connectivity index (χ0n) is 22.1. The fourth-order valence-corrected chi connectivity index (χ4v) is 5.26. The molecule has 0 radical (unpaired) electrons. The first kappa shape index (κ1) is 31.0. The van der Waals surface area contributed by atoms with Gasteiger partial charge in [0.1, 0.15) is 12.6 Å². The minimum Gasteiger partial charge on any atom is -0.357 e. The molecule has 0 bridgehead atoms. The van der Waals surface area contributed by atoms with Crippen molar-refractivity contribution in [2.24, 2.45) is 0 Å². The van der Waals surface area contributed by atoms with Crippen LogP contribution in [0.15, 0.2) is 72.8 Å². The molecule has 3 aromatic rings. The molecule has 0 fully saturated rings. The number of alkyl halides is 3. The third-order valence-corrected chi connectivity index (χ3v) is 7.81. The largest absolute Gasteiger partial charge is 0.417 e. The summed E-state index contributed by atoms with van der Waals surface area (Å²) in [6.45, 7) is 0.952. The molecule has 12 heteroatoms. The Labute approximate surface area is 236 Å². The topological polar surface area (TPSA) is 86.8 Å². The Morgan fingerprint density at radius 1 is 1.00 bits per heavy atom. The highest BCUT2D eigenvalue weighted by atomic mass is 35.5. The molecule has 0 saturated carbocycles. The fraction of sp³-hybridized carbons (Fsp3) is 0.286. The number of anilines is 1. The minimum atomic E-state index is -4.85. The van der Waals surface area contributed by atoms with Crippen molar-refractivity contribution < 1.29 is 31.2 Å². The van der Waals surface area contributed by atoms with Crippen LogP contribution in [0.1, 0.15) is 22.3 Å². The van der Waals surface area contributed by atoms with Crippen LogP contribution >= 0.6 is 11.6 Å². The predicted octanol–water partition coefficient (Wildman–Crippen LogP) is 4.82. The van der Waals surface area contributed by atoms with Crippen LogP contribution < -0.4 is 9.62 Å². The average molecular weight is 596 g/mol. The molecule has 214 valence electrons. The van der Waals surface area contributed by atoms with Gasteiger partial charge in [-0.15, -0.1) is 0 Å². The first-order chi connectivity index (χ1) is 18.7. The van der Waals surface area contributed by atoms with Crippen molar-refractivity contribution in [1.82, 2.24) is 10.2 Å². The molecular weight excluding hydrogens is 567 g/mol. The van der Waals surface area contributed by atoms with Gasteiger partial charge in [0.05, 0.1) is 22.5 Å². The number of amides is 2. The summed E-state index contributed by atoms with van der Waals surface area (Å²) in [6, 6.07) is 17.7. The number of aryl methyl sites for hydroxylation is 1. The van der Waals surface area contributed by atoms with E-state index in [0.29, 0.717) is 10.4 Å². The Morgan fingerprint density at radius 3 is 2.20 bits per heavy atom. The summed E-state index contributed by atoms with van der Waals surface area (Å²) in [5, 5.41) is 1.95. The SMILES string of the molecule is CNC(=O)C(Cc1ccccc1)N(Cc1ccccc1C)C(=O)CN(c1ccc(Cl)c(C(F)(F)F)c1)S(C)(=O)=O. The summed E-state index contributed by atoms with van der Waals surface area (Å²) >= 11 is 5.72. The van der Waals surface area contributed by atoms with Gasteiger partial charge in [0, 0.05) is 20.0 Å². The predicted molar refractivity (Wildman–Crippen MR) is 148 cm³/mol. The zero-order valence-corrected chi connectivity index (χ0v) is 23.6. The number of nitrogens with zero attached hydrogens (tertiary/aromatic N) is 2. The van der Waals surface area contributed by atoms with Crippen LogP contribution in [0.5, 0.6) is 0 Å². The second kappa shape index (κ2) is 12.7. The number of hydrogen-bond acceptors (Lipinski definition) is 4. The monoisotopic (exact) mass is 595 g/mol. The van der Waals surface area contributed by atoms with Gasteiger partial charge in [-0.05, 0) is 41.8 Å². The Balaban J connectivity index is 2.08. The van der Waals surface area contributed by atoms with E-state index in [4.69, 9.17) is 11.6 Å². The van der Waals surface area contributed by atoms with Crippen LogP contribution in [0.25, 0.3) is 0 Å². The van der Waals surface area contributed by atoms with Crippen LogP contribution in [0.3, 0.4) is 0 Å². The molecule has 0 heterocycles. The molecule has 0 aromatic heterocycles. The highest BCUT2D eigenvalue weighted by molar-refractivity contribution is 7.92. The van der Waals surface area contributed by atoms with Gasteiger partial charge in [-0.25, -0.2) is 8.42 Å². The molecule has 1 unspecified atom stereocenters. The lowest BCUT2D eigenvalue weighted by molar-refractivity contribution is -0.139. The lowest BCUT2D eigenvalue weighted by atomic mass is 10.0. The Morgan fingerprint density at radius 2 is 1.62 bits per heavy atom. The van der Waals surface area contributed by atoms with Crippen LogP contribution in [0.4, 0.5) is 18.9 Å². The lowest BCUT2D eigenvalue weighted by Crippen LogP contribution is -2.53. The second-order valence-corrected chi connectivity index (χ2v) is 11.5. The van der Waals surface area contributed by atoms with E-state index in [1.807, 2.05) is 19.1 Å². The van der Waals surface area contributed by atoms with Gasteiger partial charge in [-0.3, -0.25) is 13.9 Å². The molecule has 0 aliphatic rings. The molecule has 0 aliphatic heterocycles. The van der Waals surface area contributed by atoms with E-state index >= 15 is 0 Å². The van der Waals surface area contributed by atoms with Crippen molar-refractivity contribution in [3.63, 3.8) is 0 Å². The highest BCUT2D eigenvalue weighted by Gasteiger charge is 2.36. The number of likely N-dealkylation sites (N-methyl/N-ethyl adjacent to an activating group) is 1. The lowest BCUT2D eigenvalue weighted by Gasteiger charge is -2.33. The smallest absolute Gasteiger partial charge is 0.357 e. The van der Waals surface area contributed by atoms with Crippen LogP contribution in [-0.4, -0.2) is 51.0 Å². The van der Waals surface area contributed by atoms with Crippen molar-refractivity contribution >= 4 is 39.1 Å². The van der Waals surface area contributed by atoms with E-state index in [-0.39, 0.29) is 18.7 Å². The van der Waals surface area contributed by atoms with E-state index in [1.54, 1.807) is 42.5 Å². The van der Waals surface area contributed by atoms with Gasteiger partial charge in [-0.2, -0.15) is 13.2 Å². The maximum absolute atomic E-state index is 13.9. The molecule has 0 aliphatic carbocycles. The van der Waals surface area contributed by atoms with Gasteiger partial charge in [-0.1, -0.05) is 66.2 Å². The molecule has 2 amide bonds. The van der Waals surface area contributed by atoms with E-state index < -0.39 is 51.2 Å². The van der Waals surface area contributed by atoms with Crippen LogP contribution in [-0.2, 0) is 38.8 Å². The highest BCUT2D eigenvalue weighted by Crippen LogP contribution is 2.37. The van der Waals surface area contributed by atoms with E-state index in [9.17, 15) is 31.2 Å². The molecule has 3 aromatic carbocycles. The first-order valence-corrected chi connectivity index (χ1v) is 14.4. The normalized spacial score (nSPS) is 12.5. The zero-order chi connectivity index (χ0) is 29.7. The molecule has 1 N–H and O–H groups in total. The number of carbonyl (C=O) groups is 2. The second-order valence-electron chi connectivity index (χ2n) is 9.20. The molecule has 0 saturated heterocycles. The van der Waals surface area contributed by atoms with Crippen LogP contribution in [0.2, 0.25) is 5.02 Å². The number of benzene rings is 3. The van der Waals surface area contributed by atoms with Crippen LogP contribution in [0, 0.1) is 6.92 Å². The van der Waals surface area contributed by atoms with Gasteiger partial charge in [0.25, 0.3) is 0 Å². The fourth-order valence-electron chi connectivity index (χ4n) is 4.19. The Bertz CT molecular complexity index is 1470. The van der Waals surface area contributed by atoms with Crippen molar-refractivity contribution in [1.29, 1.82) is 0 Å². The third kappa shape index (κ3) is 7.76. The standard InChI is InChI=1S/C28H29ClF3N3O4S/c1-19-9-7-8-12-21(19)17-34(25(27(37)33-2)15-20-10-5-4-6-11-20)26(36)18-35(40(3,38)39)22-13-14-24(29)23(16-22)28(30,31)32/h4-14,16,25H,15,17-18H2,1-3H3,(H,33,37). The quantitative estimate of drug-likeness (QED) is 0.364. The molecule has 7 nitrogen and oxygen atoms in total. The third-order valence-electron chi connectivity index (χ3n) is 6.34. The maximum atomic E-state index is 13.9. The molecule has 0 spiro atoms. The maximum Gasteiger partial charge on any atom is 0.417 e. The van der Waals surface area contributed by atoms with Crippen molar-refractivity contribution in [3.8, 4) is 0 Å². The molecule has 40 heavy (non-hydrogen) atoms. The summed E-state index contributed by atoms with van der Waals surface area (Å²) in [5.74, 6) is -1.26. The summed E-state index contributed by atoms with van der Waals surface area (Å²) in [7, 11) is -2.82. The number of nitrogens with one attached hydrogen (secondary N) is 1. The van der Waals surface area contributed by atoms with E-state index in [1.165, 1.54) is 11.9 Å².